The van der Waals surface area contributed by atoms with Crippen molar-refractivity contribution in [3.63, 3.8) is 0 Å². The van der Waals surface area contributed by atoms with E-state index in [4.69, 9.17) is 0 Å². The van der Waals surface area contributed by atoms with E-state index in [1.54, 1.807) is 30.3 Å². The summed E-state index contributed by atoms with van der Waals surface area (Å²) >= 11 is 0. The molecule has 2 amide bonds. The summed E-state index contributed by atoms with van der Waals surface area (Å²) in [6.45, 7) is 7.26. The van der Waals surface area contributed by atoms with Crippen molar-refractivity contribution in [2.24, 2.45) is 0 Å². The number of nitrogens with one attached hydrogen (secondary N) is 1. The van der Waals surface area contributed by atoms with Crippen molar-refractivity contribution >= 4 is 28.5 Å². The molecule has 1 aromatic heterocycles. The van der Waals surface area contributed by atoms with Gasteiger partial charge in [-0.3, -0.25) is 14.5 Å². The van der Waals surface area contributed by atoms with Crippen molar-refractivity contribution in [2.45, 2.75) is 45.8 Å². The quantitative estimate of drug-likeness (QED) is 0.445. The van der Waals surface area contributed by atoms with Crippen LogP contribution >= 0.6 is 0 Å². The molecular formula is C27H28FN5O2. The zero-order chi connectivity index (χ0) is 25.2. The molecule has 0 spiro atoms. The Bertz CT molecular complexity index is 1360. The van der Waals surface area contributed by atoms with E-state index < -0.39 is 29.2 Å². The predicted molar refractivity (Wildman–Crippen MR) is 133 cm³/mol. The Hall–Kier alpha value is -4.07. The molecule has 1 unspecified atom stereocenters. The molecule has 0 saturated carbocycles. The van der Waals surface area contributed by atoms with Crippen LogP contribution in [0, 0.1) is 12.7 Å². The maximum Gasteiger partial charge on any atom is 0.249 e. The van der Waals surface area contributed by atoms with Crippen molar-refractivity contribution in [3.05, 3.63) is 89.7 Å². The fraction of sp³-hybridized carbons (Fsp3) is 0.259. The SMILES string of the molecule is Cc1ccc(N(C(=O)Cn2nnc3ccccc32)C(C(=O)NC(C)(C)C)c2ccccc2F)cc1. The van der Waals surface area contributed by atoms with Crippen molar-refractivity contribution in [1.29, 1.82) is 0 Å². The van der Waals surface area contributed by atoms with Gasteiger partial charge in [0.05, 0.1) is 5.52 Å². The Balaban J connectivity index is 1.83. The van der Waals surface area contributed by atoms with Crippen LogP contribution in [-0.4, -0.2) is 32.3 Å². The number of fused-ring (bicyclic) bond motifs is 1. The highest BCUT2D eigenvalue weighted by Crippen LogP contribution is 2.31. The second-order valence-electron chi connectivity index (χ2n) is 9.50. The number of halogens is 1. The molecular weight excluding hydrogens is 445 g/mol. The van der Waals surface area contributed by atoms with Crippen LogP contribution in [0.15, 0.2) is 72.8 Å². The van der Waals surface area contributed by atoms with Gasteiger partial charge in [-0.25, -0.2) is 9.07 Å². The van der Waals surface area contributed by atoms with Gasteiger partial charge in [0.15, 0.2) is 0 Å². The molecule has 8 heteroatoms. The van der Waals surface area contributed by atoms with Gasteiger partial charge in [0.1, 0.15) is 23.9 Å². The van der Waals surface area contributed by atoms with Gasteiger partial charge in [-0.2, -0.15) is 0 Å². The summed E-state index contributed by atoms with van der Waals surface area (Å²) in [5.74, 6) is -1.49. The van der Waals surface area contributed by atoms with Gasteiger partial charge in [0.2, 0.25) is 11.8 Å². The summed E-state index contributed by atoms with van der Waals surface area (Å²) in [5, 5.41) is 11.2. The molecule has 0 aliphatic rings. The second-order valence-corrected chi connectivity index (χ2v) is 9.50. The summed E-state index contributed by atoms with van der Waals surface area (Å²) in [4.78, 5) is 28.8. The lowest BCUT2D eigenvalue weighted by Gasteiger charge is -2.34. The summed E-state index contributed by atoms with van der Waals surface area (Å²) in [5.41, 5.74) is 2.31. The van der Waals surface area contributed by atoms with Gasteiger partial charge in [0, 0.05) is 16.8 Å². The van der Waals surface area contributed by atoms with E-state index in [0.717, 1.165) is 5.56 Å². The Morgan fingerprint density at radius 3 is 2.34 bits per heavy atom. The molecule has 4 aromatic rings. The Morgan fingerprint density at radius 2 is 1.66 bits per heavy atom. The first-order valence-corrected chi connectivity index (χ1v) is 11.4. The lowest BCUT2D eigenvalue weighted by atomic mass is 10.00. The van der Waals surface area contributed by atoms with Crippen molar-refractivity contribution in [2.75, 3.05) is 4.90 Å². The first-order valence-electron chi connectivity index (χ1n) is 11.4. The molecule has 7 nitrogen and oxygen atoms in total. The fourth-order valence-corrected chi connectivity index (χ4v) is 3.91. The number of rotatable bonds is 6. The van der Waals surface area contributed by atoms with Gasteiger partial charge >= 0.3 is 0 Å². The zero-order valence-electron chi connectivity index (χ0n) is 20.2. The minimum atomic E-state index is -1.24. The van der Waals surface area contributed by atoms with Crippen molar-refractivity contribution < 1.29 is 14.0 Å². The molecule has 0 radical (unpaired) electrons. The first kappa shape index (κ1) is 24.1. The highest BCUT2D eigenvalue weighted by atomic mass is 19.1. The molecule has 0 aliphatic heterocycles. The number of para-hydroxylation sites is 1. The van der Waals surface area contributed by atoms with Crippen LogP contribution in [0.3, 0.4) is 0 Å². The minimum absolute atomic E-state index is 0.103. The Morgan fingerprint density at radius 1 is 1.00 bits per heavy atom. The topological polar surface area (TPSA) is 80.1 Å². The van der Waals surface area contributed by atoms with Crippen molar-refractivity contribution in [1.82, 2.24) is 20.3 Å². The number of carbonyl (C=O) groups is 2. The van der Waals surface area contributed by atoms with Crippen LogP contribution in [0.1, 0.15) is 37.9 Å². The number of nitrogens with zero attached hydrogens (tertiary/aromatic N) is 4. The second kappa shape index (κ2) is 9.66. The van der Waals surface area contributed by atoms with E-state index in [2.05, 4.69) is 15.6 Å². The van der Waals surface area contributed by atoms with E-state index in [9.17, 15) is 9.59 Å². The van der Waals surface area contributed by atoms with E-state index >= 15 is 4.39 Å². The van der Waals surface area contributed by atoms with Crippen LogP contribution in [0.2, 0.25) is 0 Å². The molecule has 1 atom stereocenters. The van der Waals surface area contributed by atoms with Crippen molar-refractivity contribution in [3.8, 4) is 0 Å². The number of anilines is 1. The molecule has 180 valence electrons. The number of hydrogen-bond acceptors (Lipinski definition) is 4. The third-order valence-corrected chi connectivity index (χ3v) is 5.49. The minimum Gasteiger partial charge on any atom is -0.349 e. The van der Waals surface area contributed by atoms with E-state index in [1.165, 1.54) is 21.7 Å². The third-order valence-electron chi connectivity index (χ3n) is 5.49. The van der Waals surface area contributed by atoms with Crippen LogP contribution in [-0.2, 0) is 16.1 Å². The van der Waals surface area contributed by atoms with E-state index in [-0.39, 0.29) is 12.1 Å². The Labute approximate surface area is 203 Å². The van der Waals surface area contributed by atoms with E-state index in [0.29, 0.717) is 16.7 Å². The lowest BCUT2D eigenvalue weighted by molar-refractivity contribution is -0.128. The standard InChI is InChI=1S/C27H28FN5O2/c1-18-13-15-19(16-14-18)33(24(34)17-32-23-12-8-7-11-22(23)30-31-32)25(26(35)29-27(2,3)4)20-9-5-6-10-21(20)28/h5-16,25H,17H2,1-4H3,(H,29,35). The number of aryl methyl sites for hydroxylation is 1. The summed E-state index contributed by atoms with van der Waals surface area (Å²) in [6, 6.07) is 19.3. The van der Waals surface area contributed by atoms with Gasteiger partial charge in [0.25, 0.3) is 0 Å². The highest BCUT2D eigenvalue weighted by molar-refractivity contribution is 6.01. The maximum atomic E-state index is 15.1. The van der Waals surface area contributed by atoms with E-state index in [1.807, 2.05) is 58.0 Å². The smallest absolute Gasteiger partial charge is 0.249 e. The van der Waals surface area contributed by atoms with Gasteiger partial charge in [-0.05, 0) is 58.0 Å². The highest BCUT2D eigenvalue weighted by Gasteiger charge is 2.36. The average Bonchev–Trinajstić information content (AvgIpc) is 3.20. The van der Waals surface area contributed by atoms with Crippen LogP contribution < -0.4 is 10.2 Å². The number of benzene rings is 3. The normalized spacial score (nSPS) is 12.4. The molecule has 0 bridgehead atoms. The zero-order valence-corrected chi connectivity index (χ0v) is 20.2. The summed E-state index contributed by atoms with van der Waals surface area (Å²) < 4.78 is 16.6. The fourth-order valence-electron chi connectivity index (χ4n) is 3.91. The number of aromatic nitrogens is 3. The monoisotopic (exact) mass is 473 g/mol. The lowest BCUT2D eigenvalue weighted by Crippen LogP contribution is -2.50. The molecule has 4 rings (SSSR count). The molecule has 0 saturated heterocycles. The van der Waals surface area contributed by atoms with Gasteiger partial charge in [-0.15, -0.1) is 5.10 Å². The molecule has 1 N–H and O–H groups in total. The Kier molecular flexibility index (Phi) is 6.64. The molecule has 35 heavy (non-hydrogen) atoms. The summed E-state index contributed by atoms with van der Waals surface area (Å²) in [7, 11) is 0. The average molecular weight is 474 g/mol. The van der Waals surface area contributed by atoms with Gasteiger partial charge in [-0.1, -0.05) is 53.2 Å². The molecule has 1 heterocycles. The van der Waals surface area contributed by atoms with Crippen LogP contribution in [0.25, 0.3) is 11.0 Å². The molecule has 0 aliphatic carbocycles. The van der Waals surface area contributed by atoms with Crippen LogP contribution in [0.5, 0.6) is 0 Å². The summed E-state index contributed by atoms with van der Waals surface area (Å²) in [6.07, 6.45) is 0. The number of amides is 2. The molecule has 3 aromatic carbocycles. The number of carbonyl (C=O) groups excluding carboxylic acids is 2. The predicted octanol–water partition coefficient (Wildman–Crippen LogP) is 4.57. The maximum absolute atomic E-state index is 15.1. The third kappa shape index (κ3) is 5.37. The number of hydrogen-bond donors (Lipinski definition) is 1. The largest absolute Gasteiger partial charge is 0.349 e. The first-order chi connectivity index (χ1) is 16.6. The van der Waals surface area contributed by atoms with Gasteiger partial charge < -0.3 is 5.32 Å². The van der Waals surface area contributed by atoms with Crippen LogP contribution in [0.4, 0.5) is 10.1 Å². The molecule has 0 fully saturated rings.